The number of rotatable bonds is 2. The Hall–Kier alpha value is -2.82. The lowest BCUT2D eigenvalue weighted by molar-refractivity contribution is 0.475. The topological polar surface area (TPSA) is 71.8 Å². The van der Waals surface area contributed by atoms with E-state index in [1.165, 1.54) is 0 Å². The molecule has 19 heavy (non-hydrogen) atoms. The fourth-order valence-corrected chi connectivity index (χ4v) is 1.66. The Labute approximate surface area is 109 Å². The van der Waals surface area contributed by atoms with Crippen molar-refractivity contribution in [2.45, 2.75) is 0 Å². The SMILES string of the molecule is Oc1ccc(-c2nnc(-c3ccccc3)nn2)cc1. The van der Waals surface area contributed by atoms with Crippen molar-refractivity contribution in [3.8, 4) is 28.5 Å². The maximum atomic E-state index is 9.22. The van der Waals surface area contributed by atoms with Gasteiger partial charge >= 0.3 is 0 Å². The zero-order chi connectivity index (χ0) is 13.1. The standard InChI is InChI=1S/C14H10N4O/c19-12-8-6-11(7-9-12)14-17-15-13(16-18-14)10-4-2-1-3-5-10/h1-9,19H. The largest absolute Gasteiger partial charge is 0.508 e. The Morgan fingerprint density at radius 2 is 1.05 bits per heavy atom. The van der Waals surface area contributed by atoms with Gasteiger partial charge in [-0.1, -0.05) is 30.3 Å². The quantitative estimate of drug-likeness (QED) is 0.755. The maximum absolute atomic E-state index is 9.22. The van der Waals surface area contributed by atoms with Crippen LogP contribution in [-0.4, -0.2) is 25.5 Å². The van der Waals surface area contributed by atoms with Crippen molar-refractivity contribution in [3.63, 3.8) is 0 Å². The van der Waals surface area contributed by atoms with E-state index in [4.69, 9.17) is 0 Å². The molecule has 0 aliphatic heterocycles. The first kappa shape index (κ1) is 11.3. The van der Waals surface area contributed by atoms with Crippen LogP contribution >= 0.6 is 0 Å². The van der Waals surface area contributed by atoms with Crippen LogP contribution in [0.1, 0.15) is 0 Å². The van der Waals surface area contributed by atoms with Gasteiger partial charge in [-0.05, 0) is 24.3 Å². The average Bonchev–Trinajstić information content (AvgIpc) is 2.49. The number of hydrogen-bond acceptors (Lipinski definition) is 5. The summed E-state index contributed by atoms with van der Waals surface area (Å²) in [7, 11) is 0. The minimum absolute atomic E-state index is 0.200. The van der Waals surface area contributed by atoms with Crippen LogP contribution < -0.4 is 0 Å². The van der Waals surface area contributed by atoms with Gasteiger partial charge in [0.25, 0.3) is 0 Å². The lowest BCUT2D eigenvalue weighted by Gasteiger charge is -2.00. The average molecular weight is 250 g/mol. The number of hydrogen-bond donors (Lipinski definition) is 1. The Morgan fingerprint density at radius 3 is 1.58 bits per heavy atom. The smallest absolute Gasteiger partial charge is 0.203 e. The lowest BCUT2D eigenvalue weighted by Crippen LogP contribution is -1.98. The van der Waals surface area contributed by atoms with Crippen LogP contribution in [0.25, 0.3) is 22.8 Å². The van der Waals surface area contributed by atoms with Gasteiger partial charge in [0.15, 0.2) is 0 Å². The van der Waals surface area contributed by atoms with Gasteiger partial charge in [0.2, 0.25) is 11.6 Å². The summed E-state index contributed by atoms with van der Waals surface area (Å²) >= 11 is 0. The zero-order valence-corrected chi connectivity index (χ0v) is 9.93. The summed E-state index contributed by atoms with van der Waals surface area (Å²) in [6.45, 7) is 0. The number of phenols is 1. The van der Waals surface area contributed by atoms with Crippen molar-refractivity contribution >= 4 is 0 Å². The van der Waals surface area contributed by atoms with Crippen LogP contribution in [0.2, 0.25) is 0 Å². The highest BCUT2D eigenvalue weighted by molar-refractivity contribution is 5.57. The highest BCUT2D eigenvalue weighted by Gasteiger charge is 2.05. The summed E-state index contributed by atoms with van der Waals surface area (Å²) in [5.74, 6) is 1.12. The molecule has 1 N–H and O–H groups in total. The molecular formula is C14H10N4O. The highest BCUT2D eigenvalue weighted by atomic mass is 16.3. The van der Waals surface area contributed by atoms with E-state index in [0.29, 0.717) is 11.6 Å². The van der Waals surface area contributed by atoms with E-state index in [0.717, 1.165) is 11.1 Å². The normalized spacial score (nSPS) is 10.3. The molecule has 0 spiro atoms. The molecule has 0 unspecified atom stereocenters. The van der Waals surface area contributed by atoms with Gasteiger partial charge in [0, 0.05) is 11.1 Å². The van der Waals surface area contributed by atoms with Crippen LogP contribution in [0.3, 0.4) is 0 Å². The molecule has 5 nitrogen and oxygen atoms in total. The molecule has 0 radical (unpaired) electrons. The van der Waals surface area contributed by atoms with Crippen molar-refractivity contribution in [3.05, 3.63) is 54.6 Å². The van der Waals surface area contributed by atoms with Crippen molar-refractivity contribution < 1.29 is 5.11 Å². The molecule has 1 heterocycles. The van der Waals surface area contributed by atoms with Crippen molar-refractivity contribution in [1.29, 1.82) is 0 Å². The van der Waals surface area contributed by atoms with Gasteiger partial charge in [-0.3, -0.25) is 0 Å². The third-order valence-electron chi connectivity index (χ3n) is 2.64. The Balaban J connectivity index is 1.93. The van der Waals surface area contributed by atoms with Gasteiger partial charge in [-0.15, -0.1) is 20.4 Å². The third-order valence-corrected chi connectivity index (χ3v) is 2.64. The molecule has 0 atom stereocenters. The van der Waals surface area contributed by atoms with Crippen molar-refractivity contribution in [2.75, 3.05) is 0 Å². The van der Waals surface area contributed by atoms with Crippen LogP contribution in [0, 0.1) is 0 Å². The summed E-state index contributed by atoms with van der Waals surface area (Å²) in [4.78, 5) is 0. The lowest BCUT2D eigenvalue weighted by atomic mass is 10.2. The fraction of sp³-hybridized carbons (Fsp3) is 0. The molecule has 2 aromatic carbocycles. The number of nitrogens with zero attached hydrogens (tertiary/aromatic N) is 4. The van der Waals surface area contributed by atoms with E-state index < -0.39 is 0 Å². The number of aromatic hydroxyl groups is 1. The van der Waals surface area contributed by atoms with Crippen molar-refractivity contribution in [1.82, 2.24) is 20.4 Å². The third kappa shape index (κ3) is 2.40. The number of benzene rings is 2. The molecule has 1 aromatic heterocycles. The van der Waals surface area contributed by atoms with Crippen LogP contribution in [-0.2, 0) is 0 Å². The van der Waals surface area contributed by atoms with Gasteiger partial charge < -0.3 is 5.11 Å². The Kier molecular flexibility index (Phi) is 2.86. The van der Waals surface area contributed by atoms with E-state index in [-0.39, 0.29) is 5.75 Å². The van der Waals surface area contributed by atoms with Gasteiger partial charge in [-0.25, -0.2) is 0 Å². The molecule has 0 amide bonds. The zero-order valence-electron chi connectivity index (χ0n) is 9.93. The van der Waals surface area contributed by atoms with Gasteiger partial charge in [0.1, 0.15) is 5.75 Å². The summed E-state index contributed by atoms with van der Waals surface area (Å²) in [6.07, 6.45) is 0. The molecule has 0 bridgehead atoms. The van der Waals surface area contributed by atoms with Gasteiger partial charge in [0.05, 0.1) is 0 Å². The van der Waals surface area contributed by atoms with E-state index in [1.807, 2.05) is 30.3 Å². The minimum Gasteiger partial charge on any atom is -0.508 e. The summed E-state index contributed by atoms with van der Waals surface area (Å²) in [5, 5.41) is 25.4. The maximum Gasteiger partial charge on any atom is 0.203 e. The highest BCUT2D eigenvalue weighted by Crippen LogP contribution is 2.18. The van der Waals surface area contributed by atoms with E-state index in [1.54, 1.807) is 24.3 Å². The Bertz CT molecular complexity index is 666. The van der Waals surface area contributed by atoms with E-state index in [2.05, 4.69) is 20.4 Å². The van der Waals surface area contributed by atoms with Crippen molar-refractivity contribution in [2.24, 2.45) is 0 Å². The molecule has 0 saturated carbocycles. The summed E-state index contributed by atoms with van der Waals surface area (Å²) < 4.78 is 0. The Morgan fingerprint density at radius 1 is 0.579 bits per heavy atom. The van der Waals surface area contributed by atoms with E-state index >= 15 is 0 Å². The minimum atomic E-state index is 0.200. The molecule has 92 valence electrons. The molecule has 5 heteroatoms. The first-order valence-electron chi connectivity index (χ1n) is 5.75. The first-order valence-corrected chi connectivity index (χ1v) is 5.75. The number of aromatic nitrogens is 4. The second-order valence-corrected chi connectivity index (χ2v) is 3.96. The summed E-state index contributed by atoms with van der Waals surface area (Å²) in [5.41, 5.74) is 1.64. The van der Waals surface area contributed by atoms with Crippen LogP contribution in [0.15, 0.2) is 54.6 Å². The molecule has 0 saturated heterocycles. The molecular weight excluding hydrogens is 240 g/mol. The molecule has 0 aliphatic carbocycles. The molecule has 3 rings (SSSR count). The predicted octanol–water partition coefficient (Wildman–Crippen LogP) is 2.31. The molecule has 3 aromatic rings. The number of phenolic OH excluding ortho intramolecular Hbond substituents is 1. The molecule has 0 aliphatic rings. The predicted molar refractivity (Wildman–Crippen MR) is 70.2 cm³/mol. The van der Waals surface area contributed by atoms with Gasteiger partial charge in [-0.2, -0.15) is 0 Å². The van der Waals surface area contributed by atoms with Crippen LogP contribution in [0.4, 0.5) is 0 Å². The van der Waals surface area contributed by atoms with Crippen LogP contribution in [0.5, 0.6) is 5.75 Å². The second-order valence-electron chi connectivity index (χ2n) is 3.96. The molecule has 0 fully saturated rings. The van der Waals surface area contributed by atoms with E-state index in [9.17, 15) is 5.11 Å². The fourth-order valence-electron chi connectivity index (χ4n) is 1.66. The summed E-state index contributed by atoms with van der Waals surface area (Å²) in [6, 6.07) is 16.1. The monoisotopic (exact) mass is 250 g/mol. The second kappa shape index (κ2) is 4.81. The first-order chi connectivity index (χ1) is 9.33.